The summed E-state index contributed by atoms with van der Waals surface area (Å²) in [5, 5.41) is 8.80. The molecule has 1 fully saturated rings. The number of nitriles is 1. The average Bonchev–Trinajstić information content (AvgIpc) is 2.92. The van der Waals surface area contributed by atoms with E-state index in [1.54, 1.807) is 0 Å². The summed E-state index contributed by atoms with van der Waals surface area (Å²) >= 11 is 0. The summed E-state index contributed by atoms with van der Waals surface area (Å²) in [6.07, 6.45) is 3.59. The van der Waals surface area contributed by atoms with E-state index in [1.807, 2.05) is 18.2 Å². The molecule has 1 aromatic carbocycles. The highest BCUT2D eigenvalue weighted by molar-refractivity contribution is 5.45. The Morgan fingerprint density at radius 3 is 2.86 bits per heavy atom. The first-order valence-corrected chi connectivity index (χ1v) is 5.04. The minimum atomic E-state index is 0.213. The largest absolute Gasteiger partial charge is 0.323 e. The summed E-state index contributed by atoms with van der Waals surface area (Å²) in [5.74, 6) is 0. The van der Waals surface area contributed by atoms with Gasteiger partial charge in [0.05, 0.1) is 11.6 Å². The highest BCUT2D eigenvalue weighted by atomic mass is 14.8. The molecule has 0 bridgehead atoms. The maximum atomic E-state index is 8.80. The lowest BCUT2D eigenvalue weighted by molar-refractivity contribution is 0.446. The first kappa shape index (κ1) is 8.02. The molecule has 1 saturated carbocycles. The third-order valence-electron chi connectivity index (χ3n) is 3.70. The van der Waals surface area contributed by atoms with Gasteiger partial charge in [0, 0.05) is 6.04 Å². The Bertz CT molecular complexity index is 438. The van der Waals surface area contributed by atoms with Crippen molar-refractivity contribution in [3.8, 4) is 6.07 Å². The normalized spacial score (nSPS) is 25.9. The highest BCUT2D eigenvalue weighted by Crippen LogP contribution is 2.60. The van der Waals surface area contributed by atoms with Crippen LogP contribution in [0.1, 0.15) is 35.6 Å². The van der Waals surface area contributed by atoms with Crippen molar-refractivity contribution in [2.75, 3.05) is 0 Å². The minimum absolute atomic E-state index is 0.213. The van der Waals surface area contributed by atoms with E-state index in [4.69, 9.17) is 11.0 Å². The fourth-order valence-electron chi connectivity index (χ4n) is 2.60. The van der Waals surface area contributed by atoms with Crippen LogP contribution in [0.15, 0.2) is 18.2 Å². The highest BCUT2D eigenvalue weighted by Gasteiger charge is 2.52. The van der Waals surface area contributed by atoms with Gasteiger partial charge in [-0.15, -0.1) is 0 Å². The number of fused-ring (bicyclic) bond motifs is 1. The molecule has 3 rings (SSSR count). The molecule has 1 atom stereocenters. The summed E-state index contributed by atoms with van der Waals surface area (Å²) in [5.41, 5.74) is 9.89. The number of rotatable bonds is 0. The van der Waals surface area contributed by atoms with Gasteiger partial charge in [-0.25, -0.2) is 0 Å². The van der Waals surface area contributed by atoms with Crippen LogP contribution in [-0.2, 0) is 6.42 Å². The predicted octanol–water partition coefficient (Wildman–Crippen LogP) is 1.89. The van der Waals surface area contributed by atoms with Crippen LogP contribution >= 0.6 is 0 Å². The third-order valence-corrected chi connectivity index (χ3v) is 3.70. The summed E-state index contributed by atoms with van der Waals surface area (Å²) in [4.78, 5) is 0. The fourth-order valence-corrected chi connectivity index (χ4v) is 2.60. The van der Waals surface area contributed by atoms with Gasteiger partial charge in [0.2, 0.25) is 0 Å². The fraction of sp³-hybridized carbons (Fsp3) is 0.417. The molecular formula is C12H12N2. The Kier molecular flexibility index (Phi) is 1.36. The van der Waals surface area contributed by atoms with Crippen molar-refractivity contribution in [3.05, 3.63) is 34.9 Å². The van der Waals surface area contributed by atoms with E-state index in [1.165, 1.54) is 24.0 Å². The average molecular weight is 184 g/mol. The van der Waals surface area contributed by atoms with Crippen LogP contribution in [-0.4, -0.2) is 0 Å². The Morgan fingerprint density at radius 2 is 2.21 bits per heavy atom. The molecule has 0 aromatic heterocycles. The van der Waals surface area contributed by atoms with Gasteiger partial charge in [-0.2, -0.15) is 5.26 Å². The molecule has 2 N–H and O–H groups in total. The monoisotopic (exact) mass is 184 g/mol. The first-order chi connectivity index (χ1) is 6.75. The smallest absolute Gasteiger partial charge is 0.0991 e. The van der Waals surface area contributed by atoms with Crippen molar-refractivity contribution in [1.29, 1.82) is 5.26 Å². The standard InChI is InChI=1S/C12H12N2/c13-7-8-1-2-10-9(5-8)6-12(3-4-12)11(10)14/h1-2,5,11H,3-4,6,14H2/t11-/m1/s1. The van der Waals surface area contributed by atoms with Gasteiger partial charge in [-0.1, -0.05) is 6.07 Å². The zero-order valence-corrected chi connectivity index (χ0v) is 7.96. The van der Waals surface area contributed by atoms with E-state index in [9.17, 15) is 0 Å². The third kappa shape index (κ3) is 0.880. The Labute approximate surface area is 83.3 Å². The van der Waals surface area contributed by atoms with Crippen molar-refractivity contribution in [3.63, 3.8) is 0 Å². The molecule has 0 unspecified atom stereocenters. The van der Waals surface area contributed by atoms with Gasteiger partial charge in [0.15, 0.2) is 0 Å². The molecule has 70 valence electrons. The second-order valence-electron chi connectivity index (χ2n) is 4.54. The number of hydrogen-bond acceptors (Lipinski definition) is 2. The van der Waals surface area contributed by atoms with Crippen molar-refractivity contribution in [1.82, 2.24) is 0 Å². The van der Waals surface area contributed by atoms with E-state index >= 15 is 0 Å². The molecule has 0 saturated heterocycles. The quantitative estimate of drug-likeness (QED) is 0.669. The summed E-state index contributed by atoms with van der Waals surface area (Å²) in [7, 11) is 0. The number of benzene rings is 1. The van der Waals surface area contributed by atoms with Crippen molar-refractivity contribution < 1.29 is 0 Å². The van der Waals surface area contributed by atoms with Crippen LogP contribution in [0, 0.1) is 16.7 Å². The van der Waals surface area contributed by atoms with Gasteiger partial charge >= 0.3 is 0 Å². The number of nitrogens with zero attached hydrogens (tertiary/aromatic N) is 1. The zero-order chi connectivity index (χ0) is 9.76. The SMILES string of the molecule is N#Cc1ccc2c(c1)CC1(CC1)[C@@H]2N. The van der Waals surface area contributed by atoms with Crippen LogP contribution in [0.25, 0.3) is 0 Å². The number of nitrogens with two attached hydrogens (primary N) is 1. The Morgan fingerprint density at radius 1 is 1.43 bits per heavy atom. The maximum Gasteiger partial charge on any atom is 0.0991 e. The predicted molar refractivity (Wildman–Crippen MR) is 53.5 cm³/mol. The van der Waals surface area contributed by atoms with Gasteiger partial charge in [0.25, 0.3) is 0 Å². The molecular weight excluding hydrogens is 172 g/mol. The lowest BCUT2D eigenvalue weighted by Crippen LogP contribution is -2.17. The van der Waals surface area contributed by atoms with Gasteiger partial charge in [-0.05, 0) is 47.9 Å². The van der Waals surface area contributed by atoms with E-state index in [0.717, 1.165) is 12.0 Å². The van der Waals surface area contributed by atoms with Crippen molar-refractivity contribution in [2.24, 2.45) is 11.1 Å². The van der Waals surface area contributed by atoms with Gasteiger partial charge in [0.1, 0.15) is 0 Å². The van der Waals surface area contributed by atoms with E-state index in [0.29, 0.717) is 5.41 Å². The summed E-state index contributed by atoms with van der Waals surface area (Å²) in [6.45, 7) is 0. The molecule has 1 aromatic rings. The van der Waals surface area contributed by atoms with Crippen LogP contribution in [0.3, 0.4) is 0 Å². The first-order valence-electron chi connectivity index (χ1n) is 5.04. The van der Waals surface area contributed by atoms with Crippen LogP contribution in [0.4, 0.5) is 0 Å². The molecule has 0 amide bonds. The molecule has 0 aliphatic heterocycles. The van der Waals surface area contributed by atoms with Gasteiger partial charge in [-0.3, -0.25) is 0 Å². The molecule has 2 heteroatoms. The maximum absolute atomic E-state index is 8.80. The molecule has 2 aliphatic rings. The molecule has 2 nitrogen and oxygen atoms in total. The lowest BCUT2D eigenvalue weighted by atomic mass is 9.99. The molecule has 1 spiro atoms. The second-order valence-corrected chi connectivity index (χ2v) is 4.54. The summed E-state index contributed by atoms with van der Waals surface area (Å²) in [6, 6.07) is 8.30. The van der Waals surface area contributed by atoms with Crippen molar-refractivity contribution in [2.45, 2.75) is 25.3 Å². The van der Waals surface area contributed by atoms with E-state index in [-0.39, 0.29) is 6.04 Å². The molecule has 14 heavy (non-hydrogen) atoms. The van der Waals surface area contributed by atoms with E-state index in [2.05, 4.69) is 6.07 Å². The van der Waals surface area contributed by atoms with Crippen LogP contribution in [0.5, 0.6) is 0 Å². The molecule has 0 radical (unpaired) electrons. The lowest BCUT2D eigenvalue weighted by Gasteiger charge is -2.12. The Balaban J connectivity index is 2.10. The topological polar surface area (TPSA) is 49.8 Å². The number of hydrogen-bond donors (Lipinski definition) is 1. The van der Waals surface area contributed by atoms with Crippen LogP contribution in [0.2, 0.25) is 0 Å². The van der Waals surface area contributed by atoms with Crippen LogP contribution < -0.4 is 5.73 Å². The molecule has 2 aliphatic carbocycles. The summed E-state index contributed by atoms with van der Waals surface area (Å²) < 4.78 is 0. The molecule has 0 heterocycles. The van der Waals surface area contributed by atoms with Gasteiger partial charge < -0.3 is 5.73 Å². The Hall–Kier alpha value is -1.33. The van der Waals surface area contributed by atoms with E-state index < -0.39 is 0 Å². The van der Waals surface area contributed by atoms with Crippen molar-refractivity contribution >= 4 is 0 Å². The zero-order valence-electron chi connectivity index (χ0n) is 7.96. The minimum Gasteiger partial charge on any atom is -0.323 e. The second kappa shape index (κ2) is 2.37.